The van der Waals surface area contributed by atoms with E-state index in [2.05, 4.69) is 5.32 Å². The molecule has 0 saturated carbocycles. The van der Waals surface area contributed by atoms with Crippen LogP contribution in [0.2, 0.25) is 0 Å². The third-order valence-electron chi connectivity index (χ3n) is 1.57. The molecule has 0 aromatic carbocycles. The Bertz CT molecular complexity index is 162. The van der Waals surface area contributed by atoms with Gasteiger partial charge in [-0.15, -0.1) is 11.8 Å². The van der Waals surface area contributed by atoms with E-state index < -0.39 is 0 Å². The van der Waals surface area contributed by atoms with Gasteiger partial charge in [-0.3, -0.25) is 4.79 Å². The highest BCUT2D eigenvalue weighted by Crippen LogP contribution is 2.16. The van der Waals surface area contributed by atoms with E-state index in [0.717, 1.165) is 0 Å². The van der Waals surface area contributed by atoms with E-state index in [1.807, 2.05) is 27.7 Å². The molecule has 0 bridgehead atoms. The third kappa shape index (κ3) is 5.93. The summed E-state index contributed by atoms with van der Waals surface area (Å²) in [4.78, 5) is 11.4. The molecule has 0 rings (SSSR count). The van der Waals surface area contributed by atoms with Crippen molar-refractivity contribution in [3.05, 3.63) is 0 Å². The predicted molar refractivity (Wildman–Crippen MR) is 58.8 cm³/mol. The Morgan fingerprint density at radius 2 is 1.92 bits per heavy atom. The number of nitrogens with two attached hydrogens (primary N) is 1. The van der Waals surface area contributed by atoms with Crippen LogP contribution in [0.3, 0.4) is 0 Å². The van der Waals surface area contributed by atoms with E-state index in [1.165, 1.54) is 0 Å². The molecule has 3 nitrogen and oxygen atoms in total. The molecular weight excluding hydrogens is 184 g/mol. The molecule has 13 heavy (non-hydrogen) atoms. The van der Waals surface area contributed by atoms with Gasteiger partial charge in [0.2, 0.25) is 5.91 Å². The van der Waals surface area contributed by atoms with Gasteiger partial charge in [-0.25, -0.2) is 0 Å². The molecule has 0 radical (unpaired) electrons. The topological polar surface area (TPSA) is 55.1 Å². The number of amides is 1. The molecule has 0 aliphatic heterocycles. The fourth-order valence-electron chi connectivity index (χ4n) is 0.868. The van der Waals surface area contributed by atoms with Gasteiger partial charge in [0.25, 0.3) is 0 Å². The van der Waals surface area contributed by atoms with Gasteiger partial charge in [0.15, 0.2) is 0 Å². The number of hydrogen-bond acceptors (Lipinski definition) is 3. The molecule has 0 fully saturated rings. The Morgan fingerprint density at radius 1 is 1.38 bits per heavy atom. The Kier molecular flexibility index (Phi) is 6.16. The molecule has 2 unspecified atom stereocenters. The summed E-state index contributed by atoms with van der Waals surface area (Å²) in [5, 5.41) is 3.20. The van der Waals surface area contributed by atoms with Crippen molar-refractivity contribution in [3.8, 4) is 0 Å². The quantitative estimate of drug-likeness (QED) is 0.702. The lowest BCUT2D eigenvalue weighted by Gasteiger charge is -2.17. The minimum atomic E-state index is -0.0130. The van der Waals surface area contributed by atoms with Crippen molar-refractivity contribution in [2.24, 2.45) is 5.73 Å². The minimum absolute atomic E-state index is 0.0130. The maximum atomic E-state index is 11.4. The molecule has 0 saturated heterocycles. The highest BCUT2D eigenvalue weighted by molar-refractivity contribution is 8.01. The minimum Gasteiger partial charge on any atom is -0.353 e. The van der Waals surface area contributed by atoms with E-state index in [1.54, 1.807) is 11.8 Å². The maximum absolute atomic E-state index is 11.4. The number of carbonyl (C=O) groups is 1. The van der Waals surface area contributed by atoms with Crippen LogP contribution in [-0.2, 0) is 4.79 Å². The fourth-order valence-corrected chi connectivity index (χ4v) is 1.87. The summed E-state index contributed by atoms with van der Waals surface area (Å²) in [6.07, 6.45) is 0. The first-order valence-electron chi connectivity index (χ1n) is 4.63. The Hall–Kier alpha value is -0.220. The van der Waals surface area contributed by atoms with Gasteiger partial charge in [-0.2, -0.15) is 0 Å². The summed E-state index contributed by atoms with van der Waals surface area (Å²) in [6, 6.07) is 0.212. The zero-order valence-electron chi connectivity index (χ0n) is 8.83. The van der Waals surface area contributed by atoms with E-state index in [0.29, 0.717) is 11.8 Å². The molecule has 4 heteroatoms. The van der Waals surface area contributed by atoms with Gasteiger partial charge in [-0.05, 0) is 20.8 Å². The van der Waals surface area contributed by atoms with Gasteiger partial charge in [0.05, 0.1) is 5.25 Å². The van der Waals surface area contributed by atoms with Crippen LogP contribution in [0.25, 0.3) is 0 Å². The first kappa shape index (κ1) is 12.8. The smallest absolute Gasteiger partial charge is 0.233 e. The average molecular weight is 204 g/mol. The molecule has 1 amide bonds. The molecule has 2 atom stereocenters. The summed E-state index contributed by atoms with van der Waals surface area (Å²) in [7, 11) is 0. The SMILES string of the molecule is CC(C)NC(=O)C(C)SC(C)CN. The van der Waals surface area contributed by atoms with Gasteiger partial charge in [0, 0.05) is 17.8 Å². The molecular formula is C9H20N2OS. The van der Waals surface area contributed by atoms with Crippen molar-refractivity contribution in [1.29, 1.82) is 0 Å². The average Bonchev–Trinajstić information content (AvgIpc) is 2.02. The Balaban J connectivity index is 3.82. The maximum Gasteiger partial charge on any atom is 0.233 e. The molecule has 0 aliphatic rings. The number of hydrogen-bond donors (Lipinski definition) is 2. The standard InChI is InChI=1S/C9H20N2OS/c1-6(2)11-9(12)8(4)13-7(3)5-10/h6-8H,5,10H2,1-4H3,(H,11,12). The van der Waals surface area contributed by atoms with Crippen molar-refractivity contribution in [3.63, 3.8) is 0 Å². The normalized spacial score (nSPS) is 15.5. The number of nitrogens with one attached hydrogen (secondary N) is 1. The lowest BCUT2D eigenvalue weighted by molar-refractivity contribution is -0.120. The van der Waals surface area contributed by atoms with Crippen molar-refractivity contribution in [1.82, 2.24) is 5.32 Å². The first-order valence-corrected chi connectivity index (χ1v) is 5.57. The Labute approximate surface area is 84.8 Å². The third-order valence-corrected chi connectivity index (χ3v) is 2.85. The first-order chi connectivity index (χ1) is 5.97. The Morgan fingerprint density at radius 3 is 2.31 bits per heavy atom. The van der Waals surface area contributed by atoms with Gasteiger partial charge < -0.3 is 11.1 Å². The van der Waals surface area contributed by atoms with Crippen molar-refractivity contribution in [2.75, 3.05) is 6.54 Å². The predicted octanol–water partition coefficient (Wildman–Crippen LogP) is 0.980. The second-order valence-electron chi connectivity index (χ2n) is 3.49. The van der Waals surface area contributed by atoms with Crippen LogP contribution < -0.4 is 11.1 Å². The second-order valence-corrected chi connectivity index (χ2v) is 5.27. The van der Waals surface area contributed by atoms with Crippen molar-refractivity contribution >= 4 is 17.7 Å². The molecule has 0 aliphatic carbocycles. The van der Waals surface area contributed by atoms with Crippen LogP contribution in [0.4, 0.5) is 0 Å². The van der Waals surface area contributed by atoms with Crippen LogP contribution in [0.5, 0.6) is 0 Å². The van der Waals surface area contributed by atoms with Gasteiger partial charge in [0.1, 0.15) is 0 Å². The molecule has 0 heterocycles. The fraction of sp³-hybridized carbons (Fsp3) is 0.889. The monoisotopic (exact) mass is 204 g/mol. The lowest BCUT2D eigenvalue weighted by atomic mass is 10.3. The lowest BCUT2D eigenvalue weighted by Crippen LogP contribution is -2.37. The van der Waals surface area contributed by atoms with Crippen LogP contribution in [0.15, 0.2) is 0 Å². The van der Waals surface area contributed by atoms with E-state index in [9.17, 15) is 4.79 Å². The van der Waals surface area contributed by atoms with E-state index >= 15 is 0 Å². The highest BCUT2D eigenvalue weighted by Gasteiger charge is 2.16. The van der Waals surface area contributed by atoms with Crippen LogP contribution in [0, 0.1) is 0 Å². The molecule has 0 aromatic heterocycles. The summed E-state index contributed by atoms with van der Waals surface area (Å²) in [5.74, 6) is 0.0975. The number of carbonyl (C=O) groups excluding carboxylic acids is 1. The highest BCUT2D eigenvalue weighted by atomic mass is 32.2. The molecule has 78 valence electrons. The van der Waals surface area contributed by atoms with Gasteiger partial charge >= 0.3 is 0 Å². The summed E-state index contributed by atoms with van der Waals surface area (Å²) in [5.41, 5.74) is 5.47. The molecule has 0 aromatic rings. The molecule has 0 spiro atoms. The zero-order valence-corrected chi connectivity index (χ0v) is 9.65. The van der Waals surface area contributed by atoms with E-state index in [4.69, 9.17) is 5.73 Å². The van der Waals surface area contributed by atoms with Crippen LogP contribution >= 0.6 is 11.8 Å². The molecule has 3 N–H and O–H groups in total. The summed E-state index contributed by atoms with van der Waals surface area (Å²) in [6.45, 7) is 8.48. The summed E-state index contributed by atoms with van der Waals surface area (Å²) < 4.78 is 0. The van der Waals surface area contributed by atoms with Crippen molar-refractivity contribution in [2.45, 2.75) is 44.2 Å². The van der Waals surface area contributed by atoms with E-state index in [-0.39, 0.29) is 17.2 Å². The largest absolute Gasteiger partial charge is 0.353 e. The van der Waals surface area contributed by atoms with Gasteiger partial charge in [-0.1, -0.05) is 6.92 Å². The van der Waals surface area contributed by atoms with Crippen LogP contribution in [-0.4, -0.2) is 29.0 Å². The second kappa shape index (κ2) is 6.27. The number of rotatable bonds is 5. The summed E-state index contributed by atoms with van der Waals surface area (Å²) >= 11 is 1.61. The number of thioether (sulfide) groups is 1. The van der Waals surface area contributed by atoms with Crippen molar-refractivity contribution < 1.29 is 4.79 Å². The van der Waals surface area contributed by atoms with Crippen LogP contribution in [0.1, 0.15) is 27.7 Å². The zero-order chi connectivity index (χ0) is 10.4.